The Kier molecular flexibility index (Phi) is 10.4. The average molecular weight is 597 g/mol. The molecule has 0 aliphatic heterocycles. The van der Waals surface area contributed by atoms with Gasteiger partial charge in [0.15, 0.2) is 0 Å². The second-order valence-electron chi connectivity index (χ2n) is 8.39. The molecule has 1 N–H and O–H groups in total. The number of likely N-dealkylation sites (N-methyl/N-ethyl adjacent to an activating group) is 1. The molecule has 1 unspecified atom stereocenters. The van der Waals surface area contributed by atoms with Crippen molar-refractivity contribution in [2.45, 2.75) is 37.8 Å². The summed E-state index contributed by atoms with van der Waals surface area (Å²) in [6, 6.07) is 18.1. The molecule has 0 radical (unpaired) electrons. The first-order valence-corrected chi connectivity index (χ1v) is 14.5. The highest BCUT2D eigenvalue weighted by Crippen LogP contribution is 2.27. The highest BCUT2D eigenvalue weighted by atomic mass is 35.5. The summed E-state index contributed by atoms with van der Waals surface area (Å²) in [6.45, 7) is 3.42. The minimum atomic E-state index is -4.14. The van der Waals surface area contributed by atoms with Crippen molar-refractivity contribution in [2.24, 2.45) is 0 Å². The molecule has 0 heterocycles. The summed E-state index contributed by atoms with van der Waals surface area (Å²) in [4.78, 5) is 28.2. The number of hydrogen-bond donors (Lipinski definition) is 1. The van der Waals surface area contributed by atoms with Gasteiger partial charge in [-0.15, -0.1) is 0 Å². The highest BCUT2D eigenvalue weighted by Gasteiger charge is 2.33. The van der Waals surface area contributed by atoms with Crippen LogP contribution >= 0.6 is 34.8 Å². The van der Waals surface area contributed by atoms with E-state index >= 15 is 0 Å². The van der Waals surface area contributed by atoms with Gasteiger partial charge in [0.2, 0.25) is 11.8 Å². The van der Waals surface area contributed by atoms with E-state index in [4.69, 9.17) is 34.8 Å². The summed E-state index contributed by atoms with van der Waals surface area (Å²) in [5.41, 5.74) is 0.895. The summed E-state index contributed by atoms with van der Waals surface area (Å²) in [5.74, 6) is -0.906. The van der Waals surface area contributed by atoms with Crippen molar-refractivity contribution in [3.05, 3.63) is 93.4 Å². The Bertz CT molecular complexity index is 1370. The highest BCUT2D eigenvalue weighted by molar-refractivity contribution is 7.92. The molecule has 0 aromatic heterocycles. The van der Waals surface area contributed by atoms with E-state index in [1.807, 2.05) is 0 Å². The zero-order valence-corrected chi connectivity index (χ0v) is 24.0. The Hall–Kier alpha value is -2.78. The number of halogens is 3. The Balaban J connectivity index is 2.05. The van der Waals surface area contributed by atoms with Gasteiger partial charge >= 0.3 is 0 Å². The number of nitrogens with one attached hydrogen (secondary N) is 1. The minimum absolute atomic E-state index is 0.0191. The largest absolute Gasteiger partial charge is 0.355 e. The van der Waals surface area contributed by atoms with E-state index in [1.165, 1.54) is 29.2 Å². The molecule has 3 aromatic carbocycles. The van der Waals surface area contributed by atoms with Crippen LogP contribution in [0.1, 0.15) is 25.8 Å². The van der Waals surface area contributed by atoms with Crippen LogP contribution in [0.5, 0.6) is 0 Å². The molecule has 0 fully saturated rings. The summed E-state index contributed by atoms with van der Waals surface area (Å²) in [6.07, 6.45) is 0.311. The lowest BCUT2D eigenvalue weighted by molar-refractivity contribution is -0.140. The molecule has 0 aliphatic carbocycles. The van der Waals surface area contributed by atoms with E-state index in [9.17, 15) is 18.0 Å². The van der Waals surface area contributed by atoms with Crippen molar-refractivity contribution in [3.8, 4) is 0 Å². The Morgan fingerprint density at radius 3 is 2.13 bits per heavy atom. The molecule has 0 aliphatic rings. The van der Waals surface area contributed by atoms with Gasteiger partial charge in [0, 0.05) is 18.1 Å². The zero-order chi connectivity index (χ0) is 27.9. The molecule has 0 spiro atoms. The van der Waals surface area contributed by atoms with Gasteiger partial charge in [-0.05, 0) is 67.4 Å². The molecule has 0 saturated carbocycles. The quantitative estimate of drug-likeness (QED) is 0.304. The SMILES string of the molecule is CCNC(=O)C(CC)N(Cc1ccc(Cl)c(Cl)c1)C(=O)CN(c1ccc(Cl)cc1)S(=O)(=O)c1ccccc1. The first-order chi connectivity index (χ1) is 18.1. The Labute approximate surface area is 238 Å². The maximum atomic E-state index is 13.9. The predicted octanol–water partition coefficient (Wildman–Crippen LogP) is 5.79. The summed E-state index contributed by atoms with van der Waals surface area (Å²) < 4.78 is 28.4. The van der Waals surface area contributed by atoms with Gasteiger partial charge < -0.3 is 10.2 Å². The predicted molar refractivity (Wildman–Crippen MR) is 152 cm³/mol. The van der Waals surface area contributed by atoms with Crippen LogP contribution in [0, 0.1) is 0 Å². The molecule has 38 heavy (non-hydrogen) atoms. The topological polar surface area (TPSA) is 86.8 Å². The molecule has 0 saturated heterocycles. The molecule has 0 bridgehead atoms. The van der Waals surface area contributed by atoms with E-state index in [0.717, 1.165) is 4.31 Å². The molecule has 3 rings (SSSR count). The fourth-order valence-corrected chi connectivity index (χ4v) is 5.78. The number of benzene rings is 3. The molecule has 1 atom stereocenters. The van der Waals surface area contributed by atoms with Gasteiger partial charge in [0.1, 0.15) is 12.6 Å². The van der Waals surface area contributed by atoms with Crippen molar-refractivity contribution < 1.29 is 18.0 Å². The van der Waals surface area contributed by atoms with Crippen LogP contribution in [0.4, 0.5) is 5.69 Å². The second-order valence-corrected chi connectivity index (χ2v) is 11.5. The first-order valence-electron chi connectivity index (χ1n) is 11.9. The average Bonchev–Trinajstić information content (AvgIpc) is 2.90. The van der Waals surface area contributed by atoms with Crippen LogP contribution in [0.25, 0.3) is 0 Å². The van der Waals surface area contributed by atoms with Crippen LogP contribution < -0.4 is 9.62 Å². The summed E-state index contributed by atoms with van der Waals surface area (Å²) in [5, 5.41) is 3.83. The zero-order valence-electron chi connectivity index (χ0n) is 20.9. The second kappa shape index (κ2) is 13.3. The standard InChI is InChI=1S/C27H28Cl3N3O4S/c1-3-25(27(35)31-4-2)32(17-19-10-15-23(29)24(30)16-19)26(34)18-33(21-13-11-20(28)12-14-21)38(36,37)22-8-6-5-7-9-22/h5-16,25H,3-4,17-18H2,1-2H3,(H,31,35). The van der Waals surface area contributed by atoms with Gasteiger partial charge in [-0.2, -0.15) is 0 Å². The maximum Gasteiger partial charge on any atom is 0.264 e. The van der Waals surface area contributed by atoms with Crippen LogP contribution in [0.15, 0.2) is 77.7 Å². The lowest BCUT2D eigenvalue weighted by Gasteiger charge is -2.33. The third-order valence-corrected chi connectivity index (χ3v) is 8.58. The number of nitrogens with zero attached hydrogens (tertiary/aromatic N) is 2. The molecule has 2 amide bonds. The van der Waals surface area contributed by atoms with Gasteiger partial charge in [-0.25, -0.2) is 8.42 Å². The van der Waals surface area contributed by atoms with E-state index in [1.54, 1.807) is 62.4 Å². The van der Waals surface area contributed by atoms with Crippen LogP contribution in [-0.2, 0) is 26.2 Å². The van der Waals surface area contributed by atoms with Gasteiger partial charge in [-0.1, -0.05) is 66.0 Å². The molecular weight excluding hydrogens is 569 g/mol. The summed E-state index contributed by atoms with van der Waals surface area (Å²) >= 11 is 18.3. The lowest BCUT2D eigenvalue weighted by Crippen LogP contribution is -2.52. The van der Waals surface area contributed by atoms with Crippen molar-refractivity contribution in [3.63, 3.8) is 0 Å². The van der Waals surface area contributed by atoms with Crippen molar-refractivity contribution >= 4 is 62.3 Å². The molecular formula is C27H28Cl3N3O4S. The fourth-order valence-electron chi connectivity index (χ4n) is 3.90. The maximum absolute atomic E-state index is 13.9. The number of carbonyl (C=O) groups is 2. The number of carbonyl (C=O) groups excluding carboxylic acids is 2. The van der Waals surface area contributed by atoms with Crippen molar-refractivity contribution in [2.75, 3.05) is 17.4 Å². The molecule has 202 valence electrons. The van der Waals surface area contributed by atoms with Crippen molar-refractivity contribution in [1.82, 2.24) is 10.2 Å². The molecule has 11 heteroatoms. The molecule has 7 nitrogen and oxygen atoms in total. The van der Waals surface area contributed by atoms with Gasteiger partial charge in [0.05, 0.1) is 20.6 Å². The molecule has 3 aromatic rings. The number of hydrogen-bond acceptors (Lipinski definition) is 4. The minimum Gasteiger partial charge on any atom is -0.355 e. The van der Waals surface area contributed by atoms with E-state index in [0.29, 0.717) is 33.6 Å². The third-order valence-electron chi connectivity index (χ3n) is 5.80. The summed E-state index contributed by atoms with van der Waals surface area (Å²) in [7, 11) is -4.14. The smallest absolute Gasteiger partial charge is 0.264 e. The van der Waals surface area contributed by atoms with E-state index in [-0.39, 0.29) is 23.0 Å². The van der Waals surface area contributed by atoms with Gasteiger partial charge in [0.25, 0.3) is 10.0 Å². The Morgan fingerprint density at radius 1 is 0.895 bits per heavy atom. The van der Waals surface area contributed by atoms with Crippen molar-refractivity contribution in [1.29, 1.82) is 0 Å². The van der Waals surface area contributed by atoms with Crippen LogP contribution in [-0.4, -0.2) is 44.3 Å². The number of rotatable bonds is 11. The van der Waals surface area contributed by atoms with Crippen LogP contribution in [0.2, 0.25) is 15.1 Å². The Morgan fingerprint density at radius 2 is 1.55 bits per heavy atom. The number of amides is 2. The van der Waals surface area contributed by atoms with Gasteiger partial charge in [-0.3, -0.25) is 13.9 Å². The monoisotopic (exact) mass is 595 g/mol. The number of anilines is 1. The first kappa shape index (κ1) is 29.8. The number of sulfonamides is 1. The third kappa shape index (κ3) is 7.20. The van der Waals surface area contributed by atoms with E-state index in [2.05, 4.69) is 5.32 Å². The fraction of sp³-hybridized carbons (Fsp3) is 0.259. The lowest BCUT2D eigenvalue weighted by atomic mass is 10.1. The van der Waals surface area contributed by atoms with E-state index < -0.39 is 28.5 Å². The van der Waals surface area contributed by atoms with Crippen LogP contribution in [0.3, 0.4) is 0 Å². The normalized spacial score (nSPS) is 12.0.